The Hall–Kier alpha value is -1.62. The molecule has 16 heavy (non-hydrogen) atoms. The van der Waals surface area contributed by atoms with Gasteiger partial charge in [0.1, 0.15) is 5.52 Å². The zero-order valence-electron chi connectivity index (χ0n) is 9.75. The monoisotopic (exact) mass is 220 g/mol. The zero-order valence-corrected chi connectivity index (χ0v) is 9.75. The number of nitrogens with zero attached hydrogens (tertiary/aromatic N) is 4. The number of rotatable bonds is 3. The van der Waals surface area contributed by atoms with Gasteiger partial charge in [-0.05, 0) is 13.0 Å². The van der Waals surface area contributed by atoms with Gasteiger partial charge in [0, 0.05) is 26.8 Å². The summed E-state index contributed by atoms with van der Waals surface area (Å²) in [5.74, 6) is 0.805. The molecular weight excluding hydrogens is 204 g/mol. The van der Waals surface area contributed by atoms with E-state index < -0.39 is 0 Å². The summed E-state index contributed by atoms with van der Waals surface area (Å²) in [5, 5.41) is 9.37. The summed E-state index contributed by atoms with van der Waals surface area (Å²) in [7, 11) is 3.86. The SMILES string of the molecule is CC(O)CN(C)c1nccc2c1ncn2C. The highest BCUT2D eigenvalue weighted by atomic mass is 16.3. The van der Waals surface area contributed by atoms with Crippen LogP contribution in [-0.4, -0.2) is 39.3 Å². The number of likely N-dealkylation sites (N-methyl/N-ethyl adjacent to an activating group) is 1. The Kier molecular flexibility index (Phi) is 2.78. The van der Waals surface area contributed by atoms with Gasteiger partial charge in [0.05, 0.1) is 17.9 Å². The van der Waals surface area contributed by atoms with Crippen LogP contribution in [0.3, 0.4) is 0 Å². The van der Waals surface area contributed by atoms with Crippen molar-refractivity contribution in [2.75, 3.05) is 18.5 Å². The van der Waals surface area contributed by atoms with Gasteiger partial charge in [0.15, 0.2) is 5.82 Å². The number of pyridine rings is 1. The van der Waals surface area contributed by atoms with E-state index in [0.29, 0.717) is 6.54 Å². The number of aliphatic hydroxyl groups is 1. The topological polar surface area (TPSA) is 54.2 Å². The molecule has 2 aromatic heterocycles. The van der Waals surface area contributed by atoms with E-state index >= 15 is 0 Å². The first-order chi connectivity index (χ1) is 7.59. The lowest BCUT2D eigenvalue weighted by Gasteiger charge is -2.19. The maximum atomic E-state index is 9.37. The van der Waals surface area contributed by atoms with Crippen molar-refractivity contribution in [1.82, 2.24) is 14.5 Å². The van der Waals surface area contributed by atoms with Gasteiger partial charge in [-0.25, -0.2) is 9.97 Å². The van der Waals surface area contributed by atoms with E-state index in [4.69, 9.17) is 0 Å². The number of aliphatic hydroxyl groups excluding tert-OH is 1. The number of hydrogen-bond acceptors (Lipinski definition) is 4. The first-order valence-electron chi connectivity index (χ1n) is 5.25. The van der Waals surface area contributed by atoms with Crippen LogP contribution in [0.4, 0.5) is 5.82 Å². The second-order valence-electron chi connectivity index (χ2n) is 4.09. The van der Waals surface area contributed by atoms with Gasteiger partial charge in [-0.3, -0.25) is 0 Å². The van der Waals surface area contributed by atoms with Gasteiger partial charge in [0.2, 0.25) is 0 Å². The van der Waals surface area contributed by atoms with E-state index in [0.717, 1.165) is 16.9 Å². The van der Waals surface area contributed by atoms with Crippen LogP contribution in [0.25, 0.3) is 11.0 Å². The number of anilines is 1. The van der Waals surface area contributed by atoms with Crippen LogP contribution in [-0.2, 0) is 7.05 Å². The largest absolute Gasteiger partial charge is 0.392 e. The predicted octanol–water partition coefficient (Wildman–Crippen LogP) is 0.785. The Balaban J connectivity index is 2.44. The molecule has 2 aromatic rings. The number of imidazole rings is 1. The molecule has 1 atom stereocenters. The minimum absolute atomic E-state index is 0.384. The van der Waals surface area contributed by atoms with E-state index in [9.17, 15) is 5.11 Å². The summed E-state index contributed by atoms with van der Waals surface area (Å²) in [4.78, 5) is 10.6. The molecule has 2 heterocycles. The molecule has 0 saturated heterocycles. The summed E-state index contributed by atoms with van der Waals surface area (Å²) in [6.45, 7) is 2.30. The van der Waals surface area contributed by atoms with Crippen molar-refractivity contribution in [3.05, 3.63) is 18.6 Å². The lowest BCUT2D eigenvalue weighted by Crippen LogP contribution is -2.27. The molecule has 86 valence electrons. The number of aryl methyl sites for hydroxylation is 1. The lowest BCUT2D eigenvalue weighted by molar-refractivity contribution is 0.201. The van der Waals surface area contributed by atoms with Gasteiger partial charge in [0.25, 0.3) is 0 Å². The van der Waals surface area contributed by atoms with E-state index in [1.807, 2.05) is 29.6 Å². The van der Waals surface area contributed by atoms with Crippen molar-refractivity contribution in [1.29, 1.82) is 0 Å². The van der Waals surface area contributed by atoms with Gasteiger partial charge < -0.3 is 14.6 Å². The molecule has 0 amide bonds. The second-order valence-corrected chi connectivity index (χ2v) is 4.09. The molecule has 0 bridgehead atoms. The number of aromatic nitrogens is 3. The fourth-order valence-corrected chi connectivity index (χ4v) is 1.81. The molecular formula is C11H16N4O. The Morgan fingerprint density at radius 1 is 1.50 bits per heavy atom. The summed E-state index contributed by atoms with van der Waals surface area (Å²) in [6, 6.07) is 1.93. The molecule has 0 aliphatic rings. The molecule has 1 unspecified atom stereocenters. The Labute approximate surface area is 94.4 Å². The minimum Gasteiger partial charge on any atom is -0.392 e. The highest BCUT2D eigenvalue weighted by Crippen LogP contribution is 2.21. The third kappa shape index (κ3) is 1.86. The predicted molar refractivity (Wildman–Crippen MR) is 63.5 cm³/mol. The maximum absolute atomic E-state index is 9.37. The smallest absolute Gasteiger partial charge is 0.156 e. The van der Waals surface area contributed by atoms with E-state index in [1.165, 1.54) is 0 Å². The van der Waals surface area contributed by atoms with Crippen LogP contribution in [0.2, 0.25) is 0 Å². The number of hydrogen-bond donors (Lipinski definition) is 1. The van der Waals surface area contributed by atoms with Crippen LogP contribution in [0, 0.1) is 0 Å². The first kappa shape index (κ1) is 10.9. The summed E-state index contributed by atoms with van der Waals surface area (Å²) < 4.78 is 1.96. The quantitative estimate of drug-likeness (QED) is 0.830. The third-order valence-electron chi connectivity index (χ3n) is 2.52. The van der Waals surface area contributed by atoms with Crippen LogP contribution >= 0.6 is 0 Å². The van der Waals surface area contributed by atoms with Crippen molar-refractivity contribution < 1.29 is 5.11 Å². The average molecular weight is 220 g/mol. The Morgan fingerprint density at radius 3 is 2.94 bits per heavy atom. The van der Waals surface area contributed by atoms with Gasteiger partial charge in [-0.1, -0.05) is 0 Å². The van der Waals surface area contributed by atoms with Crippen molar-refractivity contribution in [3.8, 4) is 0 Å². The van der Waals surface area contributed by atoms with Crippen molar-refractivity contribution in [2.45, 2.75) is 13.0 Å². The van der Waals surface area contributed by atoms with Crippen molar-refractivity contribution >= 4 is 16.9 Å². The van der Waals surface area contributed by atoms with Crippen molar-refractivity contribution in [3.63, 3.8) is 0 Å². The summed E-state index contributed by atoms with van der Waals surface area (Å²) in [6.07, 6.45) is 3.15. The van der Waals surface area contributed by atoms with Gasteiger partial charge in [-0.15, -0.1) is 0 Å². The molecule has 5 heteroatoms. The standard InChI is InChI=1S/C11H16N4O/c1-8(16)6-14(2)11-10-9(4-5-12-11)15(3)7-13-10/h4-5,7-8,16H,6H2,1-3H3. The van der Waals surface area contributed by atoms with Gasteiger partial charge in [-0.2, -0.15) is 0 Å². The van der Waals surface area contributed by atoms with Crippen LogP contribution in [0.1, 0.15) is 6.92 Å². The van der Waals surface area contributed by atoms with E-state index in [2.05, 4.69) is 9.97 Å². The molecule has 1 N–H and O–H groups in total. The second kappa shape index (κ2) is 4.09. The fraction of sp³-hybridized carbons (Fsp3) is 0.455. The highest BCUT2D eigenvalue weighted by molar-refractivity contribution is 5.86. The van der Waals surface area contributed by atoms with Crippen LogP contribution in [0.5, 0.6) is 0 Å². The number of fused-ring (bicyclic) bond motifs is 1. The Morgan fingerprint density at radius 2 is 2.25 bits per heavy atom. The fourth-order valence-electron chi connectivity index (χ4n) is 1.81. The molecule has 0 spiro atoms. The molecule has 0 aliphatic heterocycles. The van der Waals surface area contributed by atoms with Crippen LogP contribution < -0.4 is 4.90 Å². The van der Waals surface area contributed by atoms with E-state index in [-0.39, 0.29) is 6.10 Å². The Bertz CT molecular complexity index is 492. The zero-order chi connectivity index (χ0) is 11.7. The molecule has 0 aliphatic carbocycles. The van der Waals surface area contributed by atoms with E-state index in [1.54, 1.807) is 19.4 Å². The molecule has 0 aromatic carbocycles. The van der Waals surface area contributed by atoms with Gasteiger partial charge >= 0.3 is 0 Å². The lowest BCUT2D eigenvalue weighted by atomic mass is 10.3. The minimum atomic E-state index is -0.384. The van der Waals surface area contributed by atoms with Crippen LogP contribution in [0.15, 0.2) is 18.6 Å². The molecule has 0 radical (unpaired) electrons. The molecule has 0 saturated carbocycles. The molecule has 5 nitrogen and oxygen atoms in total. The highest BCUT2D eigenvalue weighted by Gasteiger charge is 2.12. The average Bonchev–Trinajstić information content (AvgIpc) is 2.59. The third-order valence-corrected chi connectivity index (χ3v) is 2.52. The summed E-state index contributed by atoms with van der Waals surface area (Å²) >= 11 is 0. The maximum Gasteiger partial charge on any atom is 0.156 e. The summed E-state index contributed by atoms with van der Waals surface area (Å²) in [5.41, 5.74) is 1.91. The van der Waals surface area contributed by atoms with Crippen molar-refractivity contribution in [2.24, 2.45) is 7.05 Å². The first-order valence-corrected chi connectivity index (χ1v) is 5.25. The normalized spacial score (nSPS) is 13.0. The molecule has 0 fully saturated rings. The molecule has 2 rings (SSSR count).